The van der Waals surface area contributed by atoms with Gasteiger partial charge in [0.05, 0.1) is 19.8 Å². The summed E-state index contributed by atoms with van der Waals surface area (Å²) < 4.78 is 37.3. The largest absolute Gasteiger partial charge is 0.495 e. The first-order valence-electron chi connectivity index (χ1n) is 7.51. The lowest BCUT2D eigenvalue weighted by Gasteiger charge is -2.13. The molecule has 1 aromatic rings. The van der Waals surface area contributed by atoms with E-state index in [9.17, 15) is 13.2 Å². The van der Waals surface area contributed by atoms with Gasteiger partial charge in [-0.25, -0.2) is 17.9 Å². The van der Waals surface area contributed by atoms with E-state index in [2.05, 4.69) is 25.6 Å². The third-order valence-corrected chi connectivity index (χ3v) is 5.23. The summed E-state index contributed by atoms with van der Waals surface area (Å²) in [6.07, 6.45) is 6.74. The zero-order chi connectivity index (χ0) is 18.5. The molecule has 0 aliphatic carbocycles. The zero-order valence-electron chi connectivity index (χ0n) is 14.0. The van der Waals surface area contributed by atoms with Crippen molar-refractivity contribution in [2.45, 2.75) is 29.8 Å². The summed E-state index contributed by atoms with van der Waals surface area (Å²) >= 11 is 0. The maximum atomic E-state index is 12.6. The quantitative estimate of drug-likeness (QED) is 0.530. The molecule has 8 nitrogen and oxygen atoms in total. The molecule has 134 valence electrons. The molecular formula is C16H19N3O5S. The van der Waals surface area contributed by atoms with Crippen molar-refractivity contribution in [2.24, 2.45) is 10.2 Å². The minimum atomic E-state index is -3.89. The number of hydrogen-bond acceptors (Lipinski definition) is 7. The molecule has 1 heterocycles. The van der Waals surface area contributed by atoms with Gasteiger partial charge in [0.25, 0.3) is 0 Å². The van der Waals surface area contributed by atoms with Gasteiger partial charge < -0.3 is 9.47 Å². The highest BCUT2D eigenvalue weighted by atomic mass is 32.2. The SMILES string of the molecule is C#CCCC1(CCNS(=O)(=O)c2cc(C(=O)OC)ccc2OC)N=N1. The fraction of sp³-hybridized carbons (Fsp3) is 0.438. The number of nitrogens with zero attached hydrogens (tertiary/aromatic N) is 2. The molecule has 1 aromatic carbocycles. The number of terminal acetylenes is 1. The molecule has 0 aromatic heterocycles. The van der Waals surface area contributed by atoms with E-state index in [1.165, 1.54) is 32.4 Å². The molecule has 0 saturated heterocycles. The minimum absolute atomic E-state index is 0.112. The highest BCUT2D eigenvalue weighted by Gasteiger charge is 2.39. The van der Waals surface area contributed by atoms with Gasteiger partial charge in [-0.05, 0) is 18.2 Å². The van der Waals surface area contributed by atoms with Gasteiger partial charge in [-0.3, -0.25) is 0 Å². The Labute approximate surface area is 146 Å². The number of carbonyl (C=O) groups excluding carboxylic acids is 1. The number of benzene rings is 1. The van der Waals surface area contributed by atoms with E-state index in [1.54, 1.807) is 0 Å². The molecule has 1 N–H and O–H groups in total. The number of hydrogen-bond donors (Lipinski definition) is 1. The molecule has 1 aliphatic rings. The molecule has 0 saturated carbocycles. The van der Waals surface area contributed by atoms with Crippen LogP contribution < -0.4 is 9.46 Å². The summed E-state index contributed by atoms with van der Waals surface area (Å²) in [6, 6.07) is 4.05. The maximum absolute atomic E-state index is 12.6. The van der Waals surface area contributed by atoms with E-state index < -0.39 is 21.7 Å². The van der Waals surface area contributed by atoms with Gasteiger partial charge in [0.1, 0.15) is 10.6 Å². The fourth-order valence-corrected chi connectivity index (χ4v) is 3.49. The molecule has 0 spiro atoms. The summed E-state index contributed by atoms with van der Waals surface area (Å²) in [5.41, 5.74) is -0.464. The van der Waals surface area contributed by atoms with E-state index in [0.29, 0.717) is 19.3 Å². The van der Waals surface area contributed by atoms with Crippen LogP contribution in [0.3, 0.4) is 0 Å². The van der Waals surface area contributed by atoms with Crippen LogP contribution in [0.1, 0.15) is 29.6 Å². The Morgan fingerprint density at radius 3 is 2.60 bits per heavy atom. The van der Waals surface area contributed by atoms with E-state index in [4.69, 9.17) is 11.2 Å². The van der Waals surface area contributed by atoms with Crippen LogP contribution in [0.15, 0.2) is 33.3 Å². The Hall–Kier alpha value is -2.44. The second-order valence-electron chi connectivity index (χ2n) is 5.39. The van der Waals surface area contributed by atoms with Crippen molar-refractivity contribution in [2.75, 3.05) is 20.8 Å². The molecule has 0 bridgehead atoms. The maximum Gasteiger partial charge on any atom is 0.337 e. The Kier molecular flexibility index (Phi) is 5.77. The summed E-state index contributed by atoms with van der Waals surface area (Å²) in [4.78, 5) is 11.5. The highest BCUT2D eigenvalue weighted by Crippen LogP contribution is 2.36. The van der Waals surface area contributed by atoms with Crippen LogP contribution >= 0.6 is 0 Å². The zero-order valence-corrected chi connectivity index (χ0v) is 14.8. The van der Waals surface area contributed by atoms with E-state index in [1.807, 2.05) is 0 Å². The number of rotatable bonds is 9. The van der Waals surface area contributed by atoms with Crippen LogP contribution in [-0.4, -0.2) is 40.8 Å². The standard InChI is InChI=1S/C16H19N3O5S/c1-4-5-8-16(18-19-16)9-10-17-25(21,22)14-11-12(15(20)24-3)6-7-13(14)23-2/h1,6-7,11,17H,5,8-10H2,2-3H3. The average Bonchev–Trinajstić information content (AvgIpc) is 3.38. The Balaban J connectivity index is 2.10. The molecule has 0 radical (unpaired) electrons. The van der Waals surface area contributed by atoms with Gasteiger partial charge >= 0.3 is 5.97 Å². The molecule has 0 unspecified atom stereocenters. The first-order valence-corrected chi connectivity index (χ1v) is 8.99. The van der Waals surface area contributed by atoms with Gasteiger partial charge in [0.2, 0.25) is 10.0 Å². The van der Waals surface area contributed by atoms with Crippen LogP contribution in [0.5, 0.6) is 5.75 Å². The van der Waals surface area contributed by atoms with Crippen LogP contribution in [0.4, 0.5) is 0 Å². The lowest BCUT2D eigenvalue weighted by Crippen LogP contribution is -2.29. The molecule has 0 amide bonds. The number of sulfonamides is 1. The van der Waals surface area contributed by atoms with Crippen molar-refractivity contribution in [3.05, 3.63) is 23.8 Å². The second-order valence-corrected chi connectivity index (χ2v) is 7.13. The molecule has 2 rings (SSSR count). The summed E-state index contributed by atoms with van der Waals surface area (Å²) in [6.45, 7) is 0.130. The Bertz CT molecular complexity index is 821. The van der Waals surface area contributed by atoms with Gasteiger partial charge in [0.15, 0.2) is 5.66 Å². The number of esters is 1. The topological polar surface area (TPSA) is 106 Å². The van der Waals surface area contributed by atoms with Crippen LogP contribution in [0, 0.1) is 12.3 Å². The monoisotopic (exact) mass is 365 g/mol. The normalized spacial score (nSPS) is 14.6. The molecule has 0 fully saturated rings. The summed E-state index contributed by atoms with van der Waals surface area (Å²) in [5.74, 6) is 2.01. The number of ether oxygens (including phenoxy) is 2. The number of methoxy groups -OCH3 is 2. The molecule has 1 aliphatic heterocycles. The van der Waals surface area contributed by atoms with Crippen molar-refractivity contribution < 1.29 is 22.7 Å². The van der Waals surface area contributed by atoms with E-state index in [0.717, 1.165) is 0 Å². The van der Waals surface area contributed by atoms with Crippen molar-refractivity contribution in [1.82, 2.24) is 4.72 Å². The first-order chi connectivity index (χ1) is 11.9. The highest BCUT2D eigenvalue weighted by molar-refractivity contribution is 7.89. The Morgan fingerprint density at radius 2 is 2.04 bits per heavy atom. The summed E-state index contributed by atoms with van der Waals surface area (Å²) in [5, 5.41) is 7.91. The van der Waals surface area contributed by atoms with E-state index >= 15 is 0 Å². The molecule has 25 heavy (non-hydrogen) atoms. The molecular weight excluding hydrogens is 346 g/mol. The van der Waals surface area contributed by atoms with Crippen molar-refractivity contribution in [3.8, 4) is 18.1 Å². The first kappa shape index (κ1) is 18.9. The van der Waals surface area contributed by atoms with Gasteiger partial charge in [-0.15, -0.1) is 12.3 Å². The lowest BCUT2D eigenvalue weighted by molar-refractivity contribution is 0.0600. The van der Waals surface area contributed by atoms with Crippen LogP contribution in [0.2, 0.25) is 0 Å². The number of carbonyl (C=O) groups is 1. The van der Waals surface area contributed by atoms with Crippen molar-refractivity contribution >= 4 is 16.0 Å². The third-order valence-electron chi connectivity index (χ3n) is 3.74. The minimum Gasteiger partial charge on any atom is -0.495 e. The van der Waals surface area contributed by atoms with E-state index in [-0.39, 0.29) is 22.8 Å². The van der Waals surface area contributed by atoms with Gasteiger partial charge in [-0.2, -0.15) is 10.2 Å². The van der Waals surface area contributed by atoms with Crippen LogP contribution in [0.25, 0.3) is 0 Å². The van der Waals surface area contributed by atoms with Crippen molar-refractivity contribution in [3.63, 3.8) is 0 Å². The van der Waals surface area contributed by atoms with Crippen molar-refractivity contribution in [1.29, 1.82) is 0 Å². The smallest absolute Gasteiger partial charge is 0.337 e. The Morgan fingerprint density at radius 1 is 1.32 bits per heavy atom. The molecule has 9 heteroatoms. The summed E-state index contributed by atoms with van der Waals surface area (Å²) in [7, 11) is -1.32. The van der Waals surface area contributed by atoms with Gasteiger partial charge in [-0.1, -0.05) is 0 Å². The lowest BCUT2D eigenvalue weighted by atomic mass is 10.1. The predicted octanol–water partition coefficient (Wildman–Crippen LogP) is 1.73. The number of nitrogens with one attached hydrogen (secondary N) is 1. The third kappa shape index (κ3) is 4.55. The van der Waals surface area contributed by atoms with Crippen LogP contribution in [-0.2, 0) is 14.8 Å². The fourth-order valence-electron chi connectivity index (χ4n) is 2.26. The molecule has 0 atom stereocenters. The average molecular weight is 365 g/mol. The van der Waals surface area contributed by atoms with Gasteiger partial charge in [0, 0.05) is 25.8 Å². The predicted molar refractivity (Wildman–Crippen MR) is 89.8 cm³/mol. The second kappa shape index (κ2) is 7.63.